The van der Waals surface area contributed by atoms with Crippen LogP contribution in [0.4, 0.5) is 0 Å². The summed E-state index contributed by atoms with van der Waals surface area (Å²) in [6.45, 7) is 8.67. The molecule has 0 rings (SSSR count). The van der Waals surface area contributed by atoms with Crippen LogP contribution in [0.5, 0.6) is 0 Å². The summed E-state index contributed by atoms with van der Waals surface area (Å²) < 4.78 is 42.8. The Kier molecular flexibility index (Phi) is 27.6. The Bertz CT molecular complexity index is 909. The molecule has 2 amide bonds. The van der Waals surface area contributed by atoms with Crippen LogP contribution in [-0.4, -0.2) is 164 Å². The van der Waals surface area contributed by atoms with Crippen molar-refractivity contribution < 1.29 is 47.5 Å². The molecule has 8 N–H and O–H groups in total. The Morgan fingerprint density at radius 2 is 1.02 bits per heavy atom. The van der Waals surface area contributed by atoms with Crippen molar-refractivity contribution in [1.29, 1.82) is 0 Å². The minimum atomic E-state index is -3.47. The average molecular weight is 723 g/mol. The molecular weight excluding hydrogens is 673 g/mol. The summed E-state index contributed by atoms with van der Waals surface area (Å²) in [6, 6.07) is 0. The van der Waals surface area contributed by atoms with Crippen molar-refractivity contribution in [3.05, 3.63) is 0 Å². The van der Waals surface area contributed by atoms with Crippen molar-refractivity contribution in [2.75, 3.05) is 64.0 Å². The second-order valence-electron chi connectivity index (χ2n) is 11.2. The predicted octanol–water partition coefficient (Wildman–Crippen LogP) is -2.92. The summed E-state index contributed by atoms with van der Waals surface area (Å²) in [5.74, 6) is -0.942. The largest absolute Gasteiger partial charge is 2.00 e. The Morgan fingerprint density at radius 1 is 0.721 bits per heavy atom. The monoisotopic (exact) mass is 722 g/mol. The van der Waals surface area contributed by atoms with Crippen molar-refractivity contribution in [1.82, 2.24) is 21.3 Å². The third-order valence-electron chi connectivity index (χ3n) is 6.16. The van der Waals surface area contributed by atoms with Gasteiger partial charge < -0.3 is 50.8 Å². The molecule has 4 atom stereocenters. The molecule has 0 radical (unpaired) electrons. The van der Waals surface area contributed by atoms with Gasteiger partial charge in [0, 0.05) is 61.4 Å². The van der Waals surface area contributed by atoms with E-state index in [1.54, 1.807) is 27.7 Å². The minimum absolute atomic E-state index is 0. The Balaban J connectivity index is -0.000000727. The molecule has 14 nitrogen and oxygen atoms in total. The van der Waals surface area contributed by atoms with E-state index in [-0.39, 0.29) is 100 Å². The van der Waals surface area contributed by atoms with Gasteiger partial charge in [0.2, 0.25) is 11.8 Å². The third-order valence-corrected chi connectivity index (χ3v) is 8.57. The first-order valence-corrected chi connectivity index (χ1v) is 18.7. The Labute approximate surface area is 296 Å². The third kappa shape index (κ3) is 29.7. The fraction of sp³-hybridized carbons (Fsp3) is 0.917. The molecule has 0 aliphatic heterocycles. The quantitative estimate of drug-likeness (QED) is 0.0413. The van der Waals surface area contributed by atoms with Gasteiger partial charge in [-0.3, -0.25) is 18.0 Å². The fourth-order valence-electron chi connectivity index (χ4n) is 2.80. The first kappa shape index (κ1) is 48.0. The van der Waals surface area contributed by atoms with E-state index in [1.807, 2.05) is 0 Å². The topological polar surface area (TPSA) is 243 Å². The molecule has 0 aliphatic rings. The number of hydrogen-bond acceptors (Lipinski definition) is 14. The van der Waals surface area contributed by atoms with Crippen molar-refractivity contribution in [3.63, 3.8) is 0 Å². The van der Waals surface area contributed by atoms with Gasteiger partial charge in [-0.15, -0.1) is 0 Å². The van der Waals surface area contributed by atoms with Gasteiger partial charge in [0.05, 0.1) is 25.4 Å². The molecular formula is C24H50CaN4O10S4. The summed E-state index contributed by atoms with van der Waals surface area (Å²) in [5, 5.41) is 48.8. The fourth-order valence-corrected chi connectivity index (χ4v) is 4.00. The average Bonchev–Trinajstić information content (AvgIpc) is 2.86. The van der Waals surface area contributed by atoms with E-state index in [2.05, 4.69) is 43.6 Å². The van der Waals surface area contributed by atoms with E-state index in [0.717, 1.165) is 0 Å². The normalized spacial score (nSPS) is 15.9. The van der Waals surface area contributed by atoms with Gasteiger partial charge in [0.1, 0.15) is 0 Å². The molecule has 0 saturated carbocycles. The summed E-state index contributed by atoms with van der Waals surface area (Å²) in [6.07, 6.45) is 0.327. The van der Waals surface area contributed by atoms with E-state index >= 15 is 0 Å². The van der Waals surface area contributed by atoms with Gasteiger partial charge in [0.15, 0.2) is 0 Å². The maximum absolute atomic E-state index is 11.4. The van der Waals surface area contributed by atoms with Gasteiger partial charge >= 0.3 is 37.7 Å². The van der Waals surface area contributed by atoms with Crippen molar-refractivity contribution in [3.8, 4) is 0 Å². The maximum atomic E-state index is 11.4. The number of carbonyl (C=O) groups excluding carboxylic acids is 2. The van der Waals surface area contributed by atoms with Gasteiger partial charge in [-0.2, -0.15) is 0 Å². The van der Waals surface area contributed by atoms with Crippen LogP contribution >= 0.6 is 0 Å². The number of hydrogen-bond donors (Lipinski definition) is 8. The number of carbonyl (C=O) groups is 2. The Morgan fingerprint density at radius 3 is 1.28 bits per heavy atom. The molecule has 0 spiro atoms. The second-order valence-corrected chi connectivity index (χ2v) is 17.3. The second kappa shape index (κ2) is 24.7. The van der Waals surface area contributed by atoms with Crippen molar-refractivity contribution >= 4 is 89.5 Å². The molecule has 0 aromatic heterocycles. The van der Waals surface area contributed by atoms with Crippen molar-refractivity contribution in [2.24, 2.45) is 10.8 Å². The van der Waals surface area contributed by atoms with Gasteiger partial charge in [-0.1, -0.05) is 27.7 Å². The first-order chi connectivity index (χ1) is 19.2. The molecule has 252 valence electrons. The first-order valence-electron chi connectivity index (χ1n) is 13.6. The molecule has 43 heavy (non-hydrogen) atoms. The Hall–Kier alpha value is 0.620. The maximum Gasteiger partial charge on any atom is 2.00 e. The van der Waals surface area contributed by atoms with Crippen LogP contribution in [0.15, 0.2) is 0 Å². The zero-order valence-electron chi connectivity index (χ0n) is 25.6. The predicted molar refractivity (Wildman–Crippen MR) is 172 cm³/mol. The number of aliphatic hydroxyl groups is 4. The number of rotatable bonds is 22. The van der Waals surface area contributed by atoms with Gasteiger partial charge in [0.25, 0.3) is 0 Å². The standard InChI is InChI=1S/2C12H26N2O5S2.Ca/c2*1-12(2,9-15)10(16)8-13-5-3-4-11(17)14-6-7-21(18,19)20;/h2*10,13,15-16H,3-9H2,1-2H3,(H,14,17)(H,18,19,20);/q;;+2/p-2. The number of amides is 2. The smallest absolute Gasteiger partial charge is 0.769 e. The summed E-state index contributed by atoms with van der Waals surface area (Å²) in [5.41, 5.74) is -1.14. The van der Waals surface area contributed by atoms with Crippen LogP contribution in [0.2, 0.25) is 0 Å². The van der Waals surface area contributed by atoms with E-state index < -0.39 is 40.6 Å². The van der Waals surface area contributed by atoms with Crippen LogP contribution in [0.1, 0.15) is 53.4 Å². The molecule has 19 heteroatoms. The van der Waals surface area contributed by atoms with Crippen LogP contribution in [0.3, 0.4) is 0 Å². The summed E-state index contributed by atoms with van der Waals surface area (Å²) >= 11 is 8.39. The van der Waals surface area contributed by atoms with Gasteiger partial charge in [-0.25, -0.2) is 0 Å². The minimum Gasteiger partial charge on any atom is -0.769 e. The van der Waals surface area contributed by atoms with Crippen molar-refractivity contribution in [2.45, 2.75) is 65.6 Å². The van der Waals surface area contributed by atoms with E-state index in [1.165, 1.54) is 0 Å². The molecule has 0 bridgehead atoms. The van der Waals surface area contributed by atoms with E-state index in [0.29, 0.717) is 39.0 Å². The van der Waals surface area contributed by atoms with Crippen LogP contribution in [0, 0.1) is 10.8 Å². The SMILES string of the molecule is CC(C)(CO)C(O)CNCCCC(=O)NCCS(=O)([O-])=S.CC(C)(CO)C(O)CNCCCC(=O)NCCS(=O)([O-])=S.[Ca+2]. The zero-order chi connectivity index (χ0) is 33.0. The summed E-state index contributed by atoms with van der Waals surface area (Å²) in [7, 11) is -6.93. The van der Waals surface area contributed by atoms with Crippen LogP contribution in [-0.2, 0) is 49.5 Å². The number of nitrogens with one attached hydrogen (secondary N) is 4. The van der Waals surface area contributed by atoms with Gasteiger partial charge in [-0.05, 0) is 65.9 Å². The molecule has 0 saturated heterocycles. The van der Waals surface area contributed by atoms with E-state index in [4.69, 9.17) is 10.2 Å². The number of aliphatic hydroxyl groups excluding tert-OH is 4. The molecule has 0 aliphatic carbocycles. The van der Waals surface area contributed by atoms with Crippen LogP contribution < -0.4 is 21.3 Å². The van der Waals surface area contributed by atoms with E-state index in [9.17, 15) is 37.3 Å². The molecule has 0 fully saturated rings. The molecule has 0 aromatic rings. The molecule has 4 unspecified atom stereocenters. The molecule has 0 heterocycles. The molecule has 0 aromatic carbocycles. The summed E-state index contributed by atoms with van der Waals surface area (Å²) in [4.78, 5) is 22.8. The zero-order valence-corrected chi connectivity index (χ0v) is 31.1. The van der Waals surface area contributed by atoms with Crippen LogP contribution in [0.25, 0.3) is 0 Å².